The van der Waals surface area contributed by atoms with Crippen LogP contribution in [0.15, 0.2) is 0 Å². The van der Waals surface area contributed by atoms with E-state index in [0.29, 0.717) is 6.61 Å². The normalized spacial score (nSPS) is 18.8. The van der Waals surface area contributed by atoms with Crippen molar-refractivity contribution in [2.24, 2.45) is 5.92 Å². The summed E-state index contributed by atoms with van der Waals surface area (Å²) in [6.45, 7) is 4.38. The second-order valence-corrected chi connectivity index (χ2v) is 3.79. The molecule has 0 aromatic carbocycles. The maximum Gasteiger partial charge on any atom is 0.0433 e. The lowest BCUT2D eigenvalue weighted by Crippen LogP contribution is -2.10. The highest BCUT2D eigenvalue weighted by Crippen LogP contribution is 2.24. The Balaban J connectivity index is 0.000000461. The molecule has 68 valence electrons. The molecule has 0 amide bonds. The largest absolute Gasteiger partial charge is 0.396 e. The zero-order chi connectivity index (χ0) is 8.53. The van der Waals surface area contributed by atoms with Crippen molar-refractivity contribution in [2.75, 3.05) is 18.1 Å². The van der Waals surface area contributed by atoms with E-state index in [-0.39, 0.29) is 0 Å². The van der Waals surface area contributed by atoms with Gasteiger partial charge in [-0.25, -0.2) is 0 Å². The van der Waals surface area contributed by atoms with Gasteiger partial charge in [0.1, 0.15) is 0 Å². The summed E-state index contributed by atoms with van der Waals surface area (Å²) in [7, 11) is 0. The van der Waals surface area contributed by atoms with Crippen LogP contribution in [0.4, 0.5) is 0 Å². The number of hydrogen-bond acceptors (Lipinski definition) is 2. The Kier molecular flexibility index (Phi) is 8.64. The molecule has 1 rings (SSSR count). The van der Waals surface area contributed by atoms with Gasteiger partial charge in [0.05, 0.1) is 0 Å². The Hall–Kier alpha value is 0.310. The molecule has 1 N–H and O–H groups in total. The van der Waals surface area contributed by atoms with Gasteiger partial charge in [0.25, 0.3) is 0 Å². The van der Waals surface area contributed by atoms with Crippen molar-refractivity contribution in [3.05, 3.63) is 0 Å². The van der Waals surface area contributed by atoms with E-state index in [4.69, 9.17) is 5.11 Å². The molecule has 0 saturated carbocycles. The fourth-order valence-corrected chi connectivity index (χ4v) is 2.42. The summed E-state index contributed by atoms with van der Waals surface area (Å²) in [5.74, 6) is 3.45. The van der Waals surface area contributed by atoms with Crippen molar-refractivity contribution >= 4 is 11.8 Å². The predicted molar refractivity (Wildman–Crippen MR) is 53.1 cm³/mol. The Morgan fingerprint density at radius 3 is 2.27 bits per heavy atom. The Morgan fingerprint density at radius 2 is 1.82 bits per heavy atom. The lowest BCUT2D eigenvalue weighted by atomic mass is 10.00. The molecular formula is C9H20OS. The average molecular weight is 176 g/mol. The van der Waals surface area contributed by atoms with E-state index in [0.717, 1.165) is 12.3 Å². The molecule has 1 heterocycles. The van der Waals surface area contributed by atoms with Crippen molar-refractivity contribution < 1.29 is 5.11 Å². The number of aliphatic hydroxyl groups excluding tert-OH is 1. The highest BCUT2D eigenvalue weighted by molar-refractivity contribution is 7.99. The third kappa shape index (κ3) is 5.57. The number of aliphatic hydroxyl groups is 1. The predicted octanol–water partition coefficient (Wildman–Crippen LogP) is 2.54. The molecule has 0 atom stereocenters. The summed E-state index contributed by atoms with van der Waals surface area (Å²) in [4.78, 5) is 0. The SMILES string of the molecule is CC.OCCC1CCSCC1. The van der Waals surface area contributed by atoms with Gasteiger partial charge in [-0.1, -0.05) is 13.8 Å². The van der Waals surface area contributed by atoms with E-state index in [9.17, 15) is 0 Å². The van der Waals surface area contributed by atoms with E-state index < -0.39 is 0 Å². The summed E-state index contributed by atoms with van der Waals surface area (Å²) < 4.78 is 0. The topological polar surface area (TPSA) is 20.2 Å². The fraction of sp³-hybridized carbons (Fsp3) is 1.00. The molecule has 0 aromatic heterocycles. The van der Waals surface area contributed by atoms with E-state index >= 15 is 0 Å². The molecule has 0 spiro atoms. The van der Waals surface area contributed by atoms with E-state index in [1.165, 1.54) is 24.3 Å². The second kappa shape index (κ2) is 8.41. The maximum absolute atomic E-state index is 8.61. The highest BCUT2D eigenvalue weighted by Gasteiger charge is 2.11. The smallest absolute Gasteiger partial charge is 0.0433 e. The van der Waals surface area contributed by atoms with Crippen molar-refractivity contribution in [1.82, 2.24) is 0 Å². The van der Waals surface area contributed by atoms with Crippen molar-refractivity contribution in [3.8, 4) is 0 Å². The minimum atomic E-state index is 0.384. The maximum atomic E-state index is 8.61. The van der Waals surface area contributed by atoms with E-state index in [1.807, 2.05) is 25.6 Å². The molecule has 1 fully saturated rings. The first-order chi connectivity index (χ1) is 5.43. The highest BCUT2D eigenvalue weighted by atomic mass is 32.2. The van der Waals surface area contributed by atoms with Gasteiger partial charge in [0.15, 0.2) is 0 Å². The van der Waals surface area contributed by atoms with E-state index in [1.54, 1.807) is 0 Å². The van der Waals surface area contributed by atoms with Crippen LogP contribution in [0.1, 0.15) is 33.1 Å². The van der Waals surface area contributed by atoms with Crippen LogP contribution in [0, 0.1) is 5.92 Å². The first-order valence-corrected chi connectivity index (χ1v) is 5.77. The zero-order valence-corrected chi connectivity index (χ0v) is 8.49. The molecule has 0 radical (unpaired) electrons. The van der Waals surface area contributed by atoms with Gasteiger partial charge in [0, 0.05) is 6.61 Å². The third-order valence-electron chi connectivity index (χ3n) is 1.88. The van der Waals surface area contributed by atoms with Gasteiger partial charge in [-0.2, -0.15) is 11.8 Å². The molecule has 0 bridgehead atoms. The van der Waals surface area contributed by atoms with Crippen LogP contribution < -0.4 is 0 Å². The van der Waals surface area contributed by atoms with Crippen LogP contribution in [0.25, 0.3) is 0 Å². The van der Waals surface area contributed by atoms with Gasteiger partial charge in [-0.3, -0.25) is 0 Å². The summed E-state index contributed by atoms with van der Waals surface area (Å²) in [6.07, 6.45) is 3.68. The van der Waals surface area contributed by atoms with Crippen LogP contribution >= 0.6 is 11.8 Å². The average Bonchev–Trinajstić information content (AvgIpc) is 2.11. The second-order valence-electron chi connectivity index (χ2n) is 2.57. The van der Waals surface area contributed by atoms with Gasteiger partial charge >= 0.3 is 0 Å². The van der Waals surface area contributed by atoms with E-state index in [2.05, 4.69) is 0 Å². The van der Waals surface area contributed by atoms with Crippen LogP contribution in [-0.2, 0) is 0 Å². The van der Waals surface area contributed by atoms with Crippen molar-refractivity contribution in [1.29, 1.82) is 0 Å². The summed E-state index contributed by atoms with van der Waals surface area (Å²) in [5.41, 5.74) is 0. The molecule has 1 aliphatic heterocycles. The molecule has 11 heavy (non-hydrogen) atoms. The Bertz CT molecular complexity index is 67.2. The third-order valence-corrected chi connectivity index (χ3v) is 2.93. The zero-order valence-electron chi connectivity index (χ0n) is 7.68. The van der Waals surface area contributed by atoms with Crippen LogP contribution in [0.5, 0.6) is 0 Å². The molecule has 2 heteroatoms. The lowest BCUT2D eigenvalue weighted by Gasteiger charge is -2.19. The molecule has 0 aromatic rings. The van der Waals surface area contributed by atoms with Gasteiger partial charge in [0.2, 0.25) is 0 Å². The minimum absolute atomic E-state index is 0.384. The number of hydrogen-bond donors (Lipinski definition) is 1. The first-order valence-electron chi connectivity index (χ1n) is 4.62. The Labute approximate surface area is 74.6 Å². The Morgan fingerprint density at radius 1 is 1.27 bits per heavy atom. The summed E-state index contributed by atoms with van der Waals surface area (Å²) in [6, 6.07) is 0. The summed E-state index contributed by atoms with van der Waals surface area (Å²) >= 11 is 2.04. The number of rotatable bonds is 2. The van der Waals surface area contributed by atoms with Gasteiger partial charge in [-0.15, -0.1) is 0 Å². The minimum Gasteiger partial charge on any atom is -0.396 e. The molecule has 0 unspecified atom stereocenters. The quantitative estimate of drug-likeness (QED) is 0.697. The monoisotopic (exact) mass is 176 g/mol. The van der Waals surface area contributed by atoms with Gasteiger partial charge < -0.3 is 5.11 Å². The first kappa shape index (κ1) is 11.3. The van der Waals surface area contributed by atoms with Crippen LogP contribution in [-0.4, -0.2) is 23.2 Å². The molecule has 0 aliphatic carbocycles. The lowest BCUT2D eigenvalue weighted by molar-refractivity contribution is 0.251. The molecule has 1 aliphatic rings. The fourth-order valence-electron chi connectivity index (χ4n) is 1.22. The standard InChI is InChI=1S/C7H14OS.C2H6/c8-4-1-7-2-5-9-6-3-7;1-2/h7-8H,1-6H2;1-2H3. The van der Waals surface area contributed by atoms with Crippen LogP contribution in [0.2, 0.25) is 0 Å². The molecular weight excluding hydrogens is 156 g/mol. The number of thioether (sulfide) groups is 1. The van der Waals surface area contributed by atoms with Crippen molar-refractivity contribution in [2.45, 2.75) is 33.1 Å². The van der Waals surface area contributed by atoms with Crippen molar-refractivity contribution in [3.63, 3.8) is 0 Å². The van der Waals surface area contributed by atoms with Gasteiger partial charge in [-0.05, 0) is 36.7 Å². The molecule has 1 saturated heterocycles. The molecule has 1 nitrogen and oxygen atoms in total. The summed E-state index contributed by atoms with van der Waals surface area (Å²) in [5, 5.41) is 8.61. The van der Waals surface area contributed by atoms with Crippen LogP contribution in [0.3, 0.4) is 0 Å².